The smallest absolute Gasteiger partial charge is 0.324 e. The number of alkyl halides is 3. The van der Waals surface area contributed by atoms with Crippen molar-refractivity contribution in [3.8, 4) is 0 Å². The van der Waals surface area contributed by atoms with E-state index in [1.165, 1.54) is 6.07 Å². The Labute approximate surface area is 126 Å². The summed E-state index contributed by atoms with van der Waals surface area (Å²) in [6.07, 6.45) is -2.24. The molecule has 0 bridgehead atoms. The van der Waals surface area contributed by atoms with Gasteiger partial charge in [-0.1, -0.05) is 0 Å². The predicted octanol–water partition coefficient (Wildman–Crippen LogP) is 3.19. The first-order valence-electron chi connectivity index (χ1n) is 6.05. The number of halogens is 4. The molecule has 0 atom stereocenters. The minimum Gasteiger partial charge on any atom is -0.324 e. The molecule has 1 aliphatic carbocycles. The fourth-order valence-electron chi connectivity index (χ4n) is 1.87. The van der Waals surface area contributed by atoms with Crippen LogP contribution < -0.4 is 5.32 Å². The molecule has 0 radical (unpaired) electrons. The molecule has 0 saturated heterocycles. The van der Waals surface area contributed by atoms with Crippen LogP contribution in [0.2, 0.25) is 0 Å². The Morgan fingerprint density at radius 2 is 2.05 bits per heavy atom. The van der Waals surface area contributed by atoms with Crippen LogP contribution in [-0.2, 0) is 11.0 Å². The highest BCUT2D eigenvalue weighted by molar-refractivity contribution is 9.12. The maximum absolute atomic E-state index is 12.5. The Balaban J connectivity index is 2.22. The molecule has 112 valence electrons. The van der Waals surface area contributed by atoms with Gasteiger partial charge in [-0.2, -0.15) is 13.2 Å². The van der Waals surface area contributed by atoms with Crippen LogP contribution in [-0.4, -0.2) is 16.7 Å². The van der Waals surface area contributed by atoms with Crippen LogP contribution in [0.3, 0.4) is 0 Å². The number of amides is 1. The normalized spacial score (nSPS) is 16.1. The molecule has 0 fully saturated rings. The van der Waals surface area contributed by atoms with Gasteiger partial charge in [0, 0.05) is 23.9 Å². The van der Waals surface area contributed by atoms with Crippen molar-refractivity contribution in [1.29, 1.82) is 0 Å². The summed E-state index contributed by atoms with van der Waals surface area (Å²) in [6.45, 7) is 0. The second-order valence-electron chi connectivity index (χ2n) is 4.45. The highest BCUT2D eigenvalue weighted by Gasteiger charge is 2.33. The summed E-state index contributed by atoms with van der Waals surface area (Å²) in [4.78, 5) is 26.7. The summed E-state index contributed by atoms with van der Waals surface area (Å²) < 4.78 is 37.9. The van der Waals surface area contributed by atoms with Gasteiger partial charge in [0.05, 0.1) is 4.48 Å². The number of ketones is 1. The summed E-state index contributed by atoms with van der Waals surface area (Å²) >= 11 is 3.09. The molecule has 1 aliphatic rings. The van der Waals surface area contributed by atoms with E-state index >= 15 is 0 Å². The molecule has 0 unspecified atom stereocenters. The number of allylic oxidation sites excluding steroid dienone is 2. The van der Waals surface area contributed by atoms with Crippen LogP contribution in [0.5, 0.6) is 0 Å². The lowest BCUT2D eigenvalue weighted by molar-refractivity contribution is -0.141. The summed E-state index contributed by atoms with van der Waals surface area (Å²) in [5.74, 6) is -0.841. The largest absolute Gasteiger partial charge is 0.433 e. The van der Waals surface area contributed by atoms with Crippen LogP contribution in [0.25, 0.3) is 0 Å². The Hall–Kier alpha value is -1.70. The second-order valence-corrected chi connectivity index (χ2v) is 5.24. The zero-order valence-corrected chi connectivity index (χ0v) is 12.2. The second kappa shape index (κ2) is 5.97. The first-order chi connectivity index (χ1) is 9.79. The topological polar surface area (TPSA) is 59.1 Å². The van der Waals surface area contributed by atoms with Gasteiger partial charge >= 0.3 is 6.18 Å². The molecule has 1 aromatic heterocycles. The van der Waals surface area contributed by atoms with Crippen molar-refractivity contribution in [2.24, 2.45) is 0 Å². The van der Waals surface area contributed by atoms with Crippen molar-refractivity contribution in [3.05, 3.63) is 39.8 Å². The zero-order valence-electron chi connectivity index (χ0n) is 10.6. The minimum absolute atomic E-state index is 0.137. The molecule has 1 amide bonds. The number of carbonyl (C=O) groups excluding carboxylic acids is 2. The lowest BCUT2D eigenvalue weighted by Gasteiger charge is -2.16. The molecular weight excluding hydrogens is 353 g/mol. The first-order valence-corrected chi connectivity index (χ1v) is 6.85. The fourth-order valence-corrected chi connectivity index (χ4v) is 2.36. The van der Waals surface area contributed by atoms with Gasteiger partial charge in [-0.15, -0.1) is 0 Å². The predicted molar refractivity (Wildman–Crippen MR) is 71.5 cm³/mol. The van der Waals surface area contributed by atoms with Crippen LogP contribution >= 0.6 is 15.9 Å². The van der Waals surface area contributed by atoms with Gasteiger partial charge in [-0.25, -0.2) is 0 Å². The molecule has 0 saturated carbocycles. The molecule has 2 rings (SSSR count). The summed E-state index contributed by atoms with van der Waals surface area (Å²) in [7, 11) is 0. The molecular formula is C13H10BrF3N2O2. The van der Waals surface area contributed by atoms with E-state index in [-0.39, 0.29) is 15.8 Å². The molecule has 0 aromatic carbocycles. The van der Waals surface area contributed by atoms with Gasteiger partial charge in [-0.3, -0.25) is 14.6 Å². The minimum atomic E-state index is -4.61. The van der Waals surface area contributed by atoms with Crippen LogP contribution in [0.1, 0.15) is 35.3 Å². The van der Waals surface area contributed by atoms with E-state index in [0.29, 0.717) is 31.0 Å². The van der Waals surface area contributed by atoms with E-state index in [9.17, 15) is 22.8 Å². The number of rotatable bonds is 2. The third-order valence-corrected chi connectivity index (χ3v) is 3.84. The van der Waals surface area contributed by atoms with Gasteiger partial charge in [0.25, 0.3) is 5.91 Å². The number of carbonyl (C=O) groups is 2. The van der Waals surface area contributed by atoms with E-state index in [4.69, 9.17) is 0 Å². The Morgan fingerprint density at radius 1 is 1.33 bits per heavy atom. The third-order valence-electron chi connectivity index (χ3n) is 2.92. The fraction of sp³-hybridized carbons (Fsp3) is 0.308. The van der Waals surface area contributed by atoms with Gasteiger partial charge in [0.2, 0.25) is 0 Å². The zero-order chi connectivity index (χ0) is 15.6. The molecule has 4 nitrogen and oxygen atoms in total. The number of pyridine rings is 1. The number of nitrogens with one attached hydrogen (secondary N) is 1. The number of hydrogen-bond donors (Lipinski definition) is 1. The quantitative estimate of drug-likeness (QED) is 0.878. The lowest BCUT2D eigenvalue weighted by atomic mass is 10.0. The summed E-state index contributed by atoms with van der Waals surface area (Å²) in [5, 5.41) is 2.47. The lowest BCUT2D eigenvalue weighted by Crippen LogP contribution is -2.27. The van der Waals surface area contributed by atoms with Crippen LogP contribution in [0.15, 0.2) is 28.5 Å². The standard InChI is InChI=1S/C13H10BrF3N2O2/c14-11-8(2-1-3-9(11)20)19-12(21)7-4-5-18-10(6-7)13(15,16)17/h4-6H,1-3H2,(H,19,21). The van der Waals surface area contributed by atoms with Crippen molar-refractivity contribution < 1.29 is 22.8 Å². The maximum Gasteiger partial charge on any atom is 0.433 e. The van der Waals surface area contributed by atoms with Crippen molar-refractivity contribution >= 4 is 27.6 Å². The van der Waals surface area contributed by atoms with E-state index < -0.39 is 17.8 Å². The number of aromatic nitrogens is 1. The molecule has 21 heavy (non-hydrogen) atoms. The monoisotopic (exact) mass is 362 g/mol. The van der Waals surface area contributed by atoms with E-state index in [1.807, 2.05) is 0 Å². The van der Waals surface area contributed by atoms with Gasteiger partial charge in [-0.05, 0) is 40.9 Å². The maximum atomic E-state index is 12.5. The number of nitrogens with zero attached hydrogens (tertiary/aromatic N) is 1. The molecule has 1 N–H and O–H groups in total. The Kier molecular flexibility index (Phi) is 4.46. The van der Waals surface area contributed by atoms with Gasteiger partial charge in [0.15, 0.2) is 5.78 Å². The highest BCUT2D eigenvalue weighted by atomic mass is 79.9. The average molecular weight is 363 g/mol. The van der Waals surface area contributed by atoms with Gasteiger partial charge in [0.1, 0.15) is 5.69 Å². The van der Waals surface area contributed by atoms with Crippen molar-refractivity contribution in [1.82, 2.24) is 10.3 Å². The molecule has 8 heteroatoms. The Bertz CT molecular complexity index is 626. The van der Waals surface area contributed by atoms with Crippen LogP contribution in [0, 0.1) is 0 Å². The van der Waals surface area contributed by atoms with Gasteiger partial charge < -0.3 is 5.32 Å². The van der Waals surface area contributed by atoms with Crippen molar-refractivity contribution in [3.63, 3.8) is 0 Å². The average Bonchev–Trinajstić information content (AvgIpc) is 2.43. The number of hydrogen-bond acceptors (Lipinski definition) is 3. The number of Topliss-reactive ketones (excluding diaryl/α,β-unsaturated/α-hetero) is 1. The first kappa shape index (κ1) is 15.7. The molecule has 0 spiro atoms. The van der Waals surface area contributed by atoms with Crippen molar-refractivity contribution in [2.45, 2.75) is 25.4 Å². The van der Waals surface area contributed by atoms with E-state index in [1.54, 1.807) is 0 Å². The SMILES string of the molecule is O=C1CCCC(NC(=O)c2ccnc(C(F)(F)F)c2)=C1Br. The van der Waals surface area contributed by atoms with Crippen LogP contribution in [0.4, 0.5) is 13.2 Å². The molecule has 1 heterocycles. The van der Waals surface area contributed by atoms with E-state index in [2.05, 4.69) is 26.2 Å². The summed E-state index contributed by atoms with van der Waals surface area (Å²) in [5.41, 5.74) is -0.910. The van der Waals surface area contributed by atoms with Crippen molar-refractivity contribution in [2.75, 3.05) is 0 Å². The molecule has 0 aliphatic heterocycles. The summed E-state index contributed by atoms with van der Waals surface area (Å²) in [6, 6.07) is 1.86. The Morgan fingerprint density at radius 3 is 2.71 bits per heavy atom. The molecule has 1 aromatic rings. The van der Waals surface area contributed by atoms with E-state index in [0.717, 1.165) is 6.20 Å². The third kappa shape index (κ3) is 3.69. The highest BCUT2D eigenvalue weighted by Crippen LogP contribution is 2.28.